The van der Waals surface area contributed by atoms with Crippen LogP contribution in [0.5, 0.6) is 0 Å². The molecule has 0 unspecified atom stereocenters. The summed E-state index contributed by atoms with van der Waals surface area (Å²) in [5, 5.41) is 0. The monoisotopic (exact) mass is 448 g/mol. The molecule has 0 heterocycles. The molecule has 0 bridgehead atoms. The summed E-state index contributed by atoms with van der Waals surface area (Å²) >= 11 is 0. The molecule has 0 saturated heterocycles. The average molecular weight is 451 g/mol. The smallest absolute Gasteiger partial charge is 1.00 e. The van der Waals surface area contributed by atoms with Crippen LogP contribution in [-0.2, 0) is 30.6 Å². The van der Waals surface area contributed by atoms with Crippen LogP contribution in [0.15, 0.2) is 47.6 Å². The molecule has 0 spiro atoms. The summed E-state index contributed by atoms with van der Waals surface area (Å²) in [4.78, 5) is 0. The van der Waals surface area contributed by atoms with Gasteiger partial charge in [-0.1, -0.05) is 54.5 Å². The van der Waals surface area contributed by atoms with Gasteiger partial charge in [0.2, 0.25) is 0 Å². The molecule has 0 atom stereocenters. The van der Waals surface area contributed by atoms with E-state index in [0.717, 1.165) is 25.9 Å². The first-order valence-electron chi connectivity index (χ1n) is 7.78. The molecule has 0 aromatic carbocycles. The van der Waals surface area contributed by atoms with E-state index in [-0.39, 0.29) is 56.4 Å². The molecule has 0 radical (unpaired) electrons. The fourth-order valence-electron chi connectivity index (χ4n) is 3.04. The minimum absolute atomic E-state index is 0. The van der Waals surface area contributed by atoms with E-state index in [1.807, 2.05) is 0 Å². The Hall–Kier alpha value is 0.600. The van der Waals surface area contributed by atoms with Gasteiger partial charge < -0.3 is 29.2 Å². The van der Waals surface area contributed by atoms with Crippen LogP contribution in [-0.4, -0.2) is 14.9 Å². The third-order valence-electron chi connectivity index (χ3n) is 4.32. The van der Waals surface area contributed by atoms with E-state index in [1.165, 1.54) is 6.42 Å². The van der Waals surface area contributed by atoms with E-state index < -0.39 is 8.32 Å². The predicted molar refractivity (Wildman–Crippen MR) is 90.3 cm³/mol. The minimum Gasteiger partial charge on any atom is -1.00 e. The van der Waals surface area contributed by atoms with Crippen molar-refractivity contribution in [2.24, 2.45) is 5.41 Å². The predicted octanol–water partition coefficient (Wildman–Crippen LogP) is -0.597. The number of hydrogen-bond acceptors (Lipinski definition) is 1. The molecule has 23 heavy (non-hydrogen) atoms. The van der Waals surface area contributed by atoms with Crippen LogP contribution in [0.25, 0.3) is 0 Å². The number of hydrogen-bond donors (Lipinski definition) is 0. The topological polar surface area (TPSA) is 9.23 Å². The summed E-state index contributed by atoms with van der Waals surface area (Å²) in [5.41, 5.74) is 3.36. The fraction of sp³-hybridized carbons (Fsp3) is 0.556. The van der Waals surface area contributed by atoms with Gasteiger partial charge >= 0.3 is 26.2 Å². The zero-order valence-electron chi connectivity index (χ0n) is 14.7. The van der Waals surface area contributed by atoms with Gasteiger partial charge in [-0.2, -0.15) is 0 Å². The van der Waals surface area contributed by atoms with Crippen molar-refractivity contribution < 1.29 is 55.4 Å². The Morgan fingerprint density at radius 1 is 1.00 bits per heavy atom. The molecule has 0 fully saturated rings. The molecular weight excluding hydrogens is 422 g/mol. The van der Waals surface area contributed by atoms with Crippen LogP contribution >= 0.6 is 0 Å². The Labute approximate surface area is 174 Å². The van der Waals surface area contributed by atoms with Crippen LogP contribution < -0.4 is 24.8 Å². The van der Waals surface area contributed by atoms with Crippen LogP contribution in [0, 0.1) is 5.41 Å². The first-order valence-corrected chi connectivity index (χ1v) is 11.2. The maximum atomic E-state index is 6.02. The Kier molecular flexibility index (Phi) is 12.6. The Balaban J connectivity index is 0. The van der Waals surface area contributed by atoms with Gasteiger partial charge in [0.15, 0.2) is 8.32 Å². The second-order valence-corrected chi connectivity index (χ2v) is 11.6. The molecule has 0 aromatic heterocycles. The van der Waals surface area contributed by atoms with Crippen molar-refractivity contribution in [1.82, 2.24) is 0 Å². The van der Waals surface area contributed by atoms with E-state index >= 15 is 0 Å². The van der Waals surface area contributed by atoms with Gasteiger partial charge in [-0.05, 0) is 45.3 Å². The summed E-state index contributed by atoms with van der Waals surface area (Å²) in [6.45, 7) is 10.1. The van der Waals surface area contributed by atoms with Crippen molar-refractivity contribution in [1.29, 1.82) is 0 Å². The van der Waals surface area contributed by atoms with Gasteiger partial charge in [0.1, 0.15) is 0 Å². The third-order valence-corrected chi connectivity index (χ3v) is 5.39. The van der Waals surface area contributed by atoms with Gasteiger partial charge in [0, 0.05) is 12.0 Å². The van der Waals surface area contributed by atoms with Gasteiger partial charge in [0.25, 0.3) is 0 Å². The summed E-state index contributed by atoms with van der Waals surface area (Å²) in [5.74, 6) is 0. The van der Waals surface area contributed by atoms with E-state index in [9.17, 15) is 0 Å². The van der Waals surface area contributed by atoms with Crippen LogP contribution in [0.4, 0.5) is 0 Å². The molecule has 1 nitrogen and oxygen atoms in total. The Morgan fingerprint density at radius 2 is 1.48 bits per heavy atom. The summed E-state index contributed by atoms with van der Waals surface area (Å²) in [6, 6.07) is 0. The van der Waals surface area contributed by atoms with Crippen molar-refractivity contribution in [3.05, 3.63) is 47.6 Å². The van der Waals surface area contributed by atoms with Crippen molar-refractivity contribution in [2.45, 2.75) is 52.2 Å². The maximum Gasteiger partial charge on any atom is 2.00 e. The van der Waals surface area contributed by atoms with Gasteiger partial charge in [-0.25, -0.2) is 0 Å². The normalized spacial score (nSPS) is 16.2. The minimum atomic E-state index is -1.37. The number of rotatable bonds is 7. The molecule has 2 rings (SSSR count). The van der Waals surface area contributed by atoms with E-state index in [4.69, 9.17) is 4.43 Å². The van der Waals surface area contributed by atoms with Crippen LogP contribution in [0.1, 0.15) is 32.6 Å². The molecule has 0 saturated carbocycles. The quantitative estimate of drug-likeness (QED) is 0.372. The zero-order chi connectivity index (χ0) is 14.6. The summed E-state index contributed by atoms with van der Waals surface area (Å²) in [7, 11) is -1.37. The van der Waals surface area contributed by atoms with Gasteiger partial charge in [0.05, 0.1) is 0 Å². The Morgan fingerprint density at radius 3 is 1.83 bits per heavy atom. The largest absolute Gasteiger partial charge is 2.00 e. The molecule has 128 valence electrons. The zero-order valence-corrected chi connectivity index (χ0v) is 19.6. The van der Waals surface area contributed by atoms with Crippen molar-refractivity contribution in [2.75, 3.05) is 6.61 Å². The SMILES string of the molecule is CC(CCCO[Si](C)(C)C)(C1=CC=CC1)C1=CC=CC1.[Cl-].[Cl-].[Zr+2]. The molecular formula is C18H28Cl2OSiZr. The number of halogens is 2. The standard InChI is InChI=1S/C18H28OSi.2ClH.Zr/c1-18(16-10-5-6-11-16,17-12-7-8-13-17)14-9-15-19-20(2,3)4;;;/h5-8,10,12H,9,11,13-15H2,1-4H3;2*1H;/q;;;+2/p-2. The third kappa shape index (κ3) is 7.57. The molecule has 5 heteroatoms. The van der Waals surface area contributed by atoms with Crippen molar-refractivity contribution in [3.8, 4) is 0 Å². The second-order valence-electron chi connectivity index (χ2n) is 7.04. The molecule has 0 aliphatic heterocycles. The maximum absolute atomic E-state index is 6.02. The molecule has 0 amide bonds. The molecule has 0 N–H and O–H groups in total. The molecule has 2 aliphatic carbocycles. The van der Waals surface area contributed by atoms with Crippen LogP contribution in [0.2, 0.25) is 19.6 Å². The molecule has 2 aliphatic rings. The Bertz CT molecular complexity index is 446. The average Bonchev–Trinajstić information content (AvgIpc) is 3.04. The number of allylic oxidation sites excluding steroid dienone is 8. The van der Waals surface area contributed by atoms with Crippen molar-refractivity contribution in [3.63, 3.8) is 0 Å². The summed E-state index contributed by atoms with van der Waals surface area (Å²) in [6.07, 6.45) is 18.2. The van der Waals surface area contributed by atoms with Crippen molar-refractivity contribution >= 4 is 8.32 Å². The first kappa shape index (κ1) is 25.8. The van der Waals surface area contributed by atoms with Gasteiger partial charge in [-0.3, -0.25) is 0 Å². The molecule has 0 aromatic rings. The van der Waals surface area contributed by atoms with E-state index in [0.29, 0.717) is 0 Å². The second kappa shape index (κ2) is 11.3. The first-order chi connectivity index (χ1) is 9.42. The van der Waals surface area contributed by atoms with Crippen LogP contribution in [0.3, 0.4) is 0 Å². The summed E-state index contributed by atoms with van der Waals surface area (Å²) < 4.78 is 6.02. The van der Waals surface area contributed by atoms with E-state index in [1.54, 1.807) is 11.1 Å². The van der Waals surface area contributed by atoms with E-state index in [2.05, 4.69) is 63.0 Å². The van der Waals surface area contributed by atoms with Gasteiger partial charge in [-0.15, -0.1) is 0 Å². The fourth-order valence-corrected chi connectivity index (χ4v) is 3.80.